The van der Waals surface area contributed by atoms with Crippen molar-refractivity contribution in [2.45, 2.75) is 13.8 Å². The molecule has 1 aromatic rings. The van der Waals surface area contributed by atoms with E-state index < -0.39 is 0 Å². The number of hydrogen-bond acceptors (Lipinski definition) is 4. The molecule has 2 rings (SSSR count). The molecule has 0 atom stereocenters. The van der Waals surface area contributed by atoms with Crippen LogP contribution in [0.15, 0.2) is 24.3 Å². The summed E-state index contributed by atoms with van der Waals surface area (Å²) in [4.78, 5) is 27.7. The fourth-order valence-corrected chi connectivity index (χ4v) is 2.58. The number of rotatable bonds is 5. The molecule has 2 amide bonds. The second-order valence-corrected chi connectivity index (χ2v) is 6.73. The number of benzene rings is 1. The van der Waals surface area contributed by atoms with Crippen molar-refractivity contribution >= 4 is 29.3 Å². The van der Waals surface area contributed by atoms with Gasteiger partial charge in [-0.2, -0.15) is 0 Å². The van der Waals surface area contributed by atoms with E-state index in [0.29, 0.717) is 56.0 Å². The first-order valence-corrected chi connectivity index (χ1v) is 8.51. The van der Waals surface area contributed by atoms with Gasteiger partial charge in [0.25, 0.3) is 0 Å². The summed E-state index contributed by atoms with van der Waals surface area (Å²) in [5.41, 5.74) is 0.684. The van der Waals surface area contributed by atoms with E-state index in [1.165, 1.54) is 0 Å². The summed E-state index contributed by atoms with van der Waals surface area (Å²) in [6.07, 6.45) is -0.272. The van der Waals surface area contributed by atoms with Crippen LogP contribution >= 0.6 is 11.6 Å². The monoisotopic (exact) mass is 353 g/mol. The van der Waals surface area contributed by atoms with Crippen molar-refractivity contribution < 1.29 is 14.3 Å². The van der Waals surface area contributed by atoms with Gasteiger partial charge in [0.15, 0.2) is 0 Å². The Morgan fingerprint density at radius 2 is 1.96 bits per heavy atom. The first-order chi connectivity index (χ1) is 11.4. The molecular formula is C17H24ClN3O3. The maximum Gasteiger partial charge on any atom is 0.409 e. The van der Waals surface area contributed by atoms with Crippen LogP contribution in [0.25, 0.3) is 0 Å². The van der Waals surface area contributed by atoms with Crippen molar-refractivity contribution in [1.82, 2.24) is 9.80 Å². The highest BCUT2D eigenvalue weighted by Crippen LogP contribution is 2.15. The van der Waals surface area contributed by atoms with Gasteiger partial charge >= 0.3 is 6.09 Å². The SMILES string of the molecule is CC(C)COC(=O)N1CCN(CC(=O)Nc2cccc(Cl)c2)CC1. The predicted molar refractivity (Wildman–Crippen MR) is 94.3 cm³/mol. The topological polar surface area (TPSA) is 61.9 Å². The molecule has 1 aromatic carbocycles. The molecule has 0 unspecified atom stereocenters. The number of piperazine rings is 1. The van der Waals surface area contributed by atoms with E-state index in [4.69, 9.17) is 16.3 Å². The average molecular weight is 354 g/mol. The molecule has 6 nitrogen and oxygen atoms in total. The van der Waals surface area contributed by atoms with Gasteiger partial charge in [-0.3, -0.25) is 9.69 Å². The largest absolute Gasteiger partial charge is 0.449 e. The fourth-order valence-electron chi connectivity index (χ4n) is 2.39. The van der Waals surface area contributed by atoms with Gasteiger partial charge in [0.1, 0.15) is 0 Å². The molecule has 0 spiro atoms. The molecule has 24 heavy (non-hydrogen) atoms. The van der Waals surface area contributed by atoms with Crippen molar-refractivity contribution in [1.29, 1.82) is 0 Å². The Balaban J connectivity index is 1.72. The second-order valence-electron chi connectivity index (χ2n) is 6.29. The molecule has 1 N–H and O–H groups in total. The Morgan fingerprint density at radius 3 is 2.58 bits per heavy atom. The average Bonchev–Trinajstić information content (AvgIpc) is 2.53. The lowest BCUT2D eigenvalue weighted by atomic mass is 10.2. The van der Waals surface area contributed by atoms with Crippen molar-refractivity contribution in [2.75, 3.05) is 44.6 Å². The van der Waals surface area contributed by atoms with Crippen LogP contribution in [-0.2, 0) is 9.53 Å². The Morgan fingerprint density at radius 1 is 1.25 bits per heavy atom. The van der Waals surface area contributed by atoms with Crippen molar-refractivity contribution in [3.8, 4) is 0 Å². The van der Waals surface area contributed by atoms with E-state index in [-0.39, 0.29) is 12.0 Å². The lowest BCUT2D eigenvalue weighted by Gasteiger charge is -2.33. The third-order valence-corrected chi connectivity index (χ3v) is 3.88. The number of anilines is 1. The number of carbonyl (C=O) groups excluding carboxylic acids is 2. The molecular weight excluding hydrogens is 330 g/mol. The Bertz CT molecular complexity index is 572. The van der Waals surface area contributed by atoms with E-state index in [9.17, 15) is 9.59 Å². The molecule has 1 saturated heterocycles. The zero-order chi connectivity index (χ0) is 17.5. The van der Waals surface area contributed by atoms with Crippen molar-refractivity contribution in [2.24, 2.45) is 5.92 Å². The minimum Gasteiger partial charge on any atom is -0.449 e. The van der Waals surface area contributed by atoms with Crippen molar-refractivity contribution in [3.05, 3.63) is 29.3 Å². The first kappa shape index (κ1) is 18.5. The molecule has 132 valence electrons. The lowest BCUT2D eigenvalue weighted by Crippen LogP contribution is -2.50. The van der Waals surface area contributed by atoms with Gasteiger partial charge in [0.2, 0.25) is 5.91 Å². The van der Waals surface area contributed by atoms with Crippen LogP contribution in [0.5, 0.6) is 0 Å². The van der Waals surface area contributed by atoms with E-state index in [1.807, 2.05) is 18.7 Å². The van der Waals surface area contributed by atoms with E-state index in [2.05, 4.69) is 5.32 Å². The van der Waals surface area contributed by atoms with Crippen LogP contribution in [0, 0.1) is 5.92 Å². The first-order valence-electron chi connectivity index (χ1n) is 8.13. The summed E-state index contributed by atoms with van der Waals surface area (Å²) < 4.78 is 5.23. The summed E-state index contributed by atoms with van der Waals surface area (Å²) in [7, 11) is 0. The molecule has 1 aliphatic heterocycles. The Labute approximate surface area is 147 Å². The standard InChI is InChI=1S/C17H24ClN3O3/c1-13(2)12-24-17(23)21-8-6-20(7-9-21)11-16(22)19-15-5-3-4-14(18)10-15/h3-5,10,13H,6-9,11-12H2,1-2H3,(H,19,22). The number of nitrogens with one attached hydrogen (secondary N) is 1. The number of nitrogens with zero attached hydrogens (tertiary/aromatic N) is 2. The molecule has 7 heteroatoms. The van der Waals surface area contributed by atoms with E-state index in [1.54, 1.807) is 29.2 Å². The predicted octanol–water partition coefficient (Wildman–Crippen LogP) is 2.69. The maximum atomic E-state index is 12.1. The molecule has 0 saturated carbocycles. The fraction of sp³-hybridized carbons (Fsp3) is 0.529. The summed E-state index contributed by atoms with van der Waals surface area (Å²) in [5, 5.41) is 3.41. The summed E-state index contributed by atoms with van der Waals surface area (Å²) in [5.74, 6) is 0.235. The van der Waals surface area contributed by atoms with Gasteiger partial charge in [-0.25, -0.2) is 4.79 Å². The zero-order valence-electron chi connectivity index (χ0n) is 14.1. The molecule has 0 aromatic heterocycles. The summed E-state index contributed by atoms with van der Waals surface area (Å²) in [6, 6.07) is 7.06. The van der Waals surface area contributed by atoms with Gasteiger partial charge in [-0.05, 0) is 24.1 Å². The van der Waals surface area contributed by atoms with Gasteiger partial charge in [-0.15, -0.1) is 0 Å². The minimum atomic E-state index is -0.272. The third-order valence-electron chi connectivity index (χ3n) is 3.65. The Kier molecular flexibility index (Phi) is 6.87. The van der Waals surface area contributed by atoms with E-state index >= 15 is 0 Å². The van der Waals surface area contributed by atoms with Crippen LogP contribution in [0.4, 0.5) is 10.5 Å². The van der Waals surface area contributed by atoms with Gasteiger partial charge in [0.05, 0.1) is 13.2 Å². The zero-order valence-corrected chi connectivity index (χ0v) is 14.9. The second kappa shape index (κ2) is 8.89. The van der Waals surface area contributed by atoms with Crippen LogP contribution in [-0.4, -0.2) is 61.1 Å². The maximum absolute atomic E-state index is 12.1. The Hall–Kier alpha value is -1.79. The molecule has 1 heterocycles. The van der Waals surface area contributed by atoms with Gasteiger partial charge in [-0.1, -0.05) is 31.5 Å². The highest BCUT2D eigenvalue weighted by molar-refractivity contribution is 6.30. The molecule has 0 radical (unpaired) electrons. The van der Waals surface area contributed by atoms with Gasteiger partial charge in [0, 0.05) is 36.9 Å². The van der Waals surface area contributed by atoms with Gasteiger partial charge < -0.3 is 15.0 Å². The molecule has 1 fully saturated rings. The van der Waals surface area contributed by atoms with Crippen molar-refractivity contribution in [3.63, 3.8) is 0 Å². The number of carbonyl (C=O) groups is 2. The minimum absolute atomic E-state index is 0.0897. The van der Waals surface area contributed by atoms with Crippen LogP contribution in [0.3, 0.4) is 0 Å². The van der Waals surface area contributed by atoms with Crippen LogP contribution < -0.4 is 5.32 Å². The normalized spacial score (nSPS) is 15.4. The highest BCUT2D eigenvalue weighted by atomic mass is 35.5. The quantitative estimate of drug-likeness (QED) is 0.884. The number of ether oxygens (including phenoxy) is 1. The third kappa shape index (κ3) is 6.02. The molecule has 0 aliphatic carbocycles. The number of amides is 2. The van der Waals surface area contributed by atoms with E-state index in [0.717, 1.165) is 0 Å². The molecule has 0 bridgehead atoms. The van der Waals surface area contributed by atoms with Crippen LogP contribution in [0.2, 0.25) is 5.02 Å². The summed E-state index contributed by atoms with van der Waals surface area (Å²) >= 11 is 5.90. The smallest absolute Gasteiger partial charge is 0.409 e. The number of hydrogen-bond donors (Lipinski definition) is 1. The summed E-state index contributed by atoms with van der Waals surface area (Å²) in [6.45, 7) is 7.18. The highest BCUT2D eigenvalue weighted by Gasteiger charge is 2.23. The number of halogens is 1. The molecule has 1 aliphatic rings. The van der Waals surface area contributed by atoms with Crippen LogP contribution in [0.1, 0.15) is 13.8 Å². The lowest BCUT2D eigenvalue weighted by molar-refractivity contribution is -0.117.